The molecule has 0 radical (unpaired) electrons. The van der Waals surface area contributed by atoms with Gasteiger partial charge in [0.05, 0.1) is 5.69 Å². The average molecular weight is 210 g/mol. The van der Waals surface area contributed by atoms with Gasteiger partial charge in [0.25, 0.3) is 0 Å². The third-order valence-corrected chi connectivity index (χ3v) is 2.14. The Balaban J connectivity index is 2.36. The zero-order valence-corrected chi connectivity index (χ0v) is 8.55. The third kappa shape index (κ3) is 1.96. The van der Waals surface area contributed by atoms with E-state index in [1.165, 1.54) is 0 Å². The first-order valence-electron chi connectivity index (χ1n) is 4.83. The topological polar surface area (TPSA) is 59.0 Å². The maximum absolute atomic E-state index is 8.97. The summed E-state index contributed by atoms with van der Waals surface area (Å²) in [5.41, 5.74) is 6.48. The Morgan fingerprint density at radius 2 is 1.75 bits per heavy atom. The van der Waals surface area contributed by atoms with Gasteiger partial charge >= 0.3 is 0 Å². The van der Waals surface area contributed by atoms with E-state index in [9.17, 15) is 0 Å². The van der Waals surface area contributed by atoms with E-state index >= 15 is 0 Å². The zero-order chi connectivity index (χ0) is 11.4. The highest BCUT2D eigenvalue weighted by Crippen LogP contribution is 2.27. The summed E-state index contributed by atoms with van der Waals surface area (Å²) >= 11 is 0. The van der Waals surface area contributed by atoms with Crippen LogP contribution in [0.2, 0.25) is 0 Å². The summed E-state index contributed by atoms with van der Waals surface area (Å²) in [6.45, 7) is 0. The van der Waals surface area contributed by atoms with Crippen LogP contribution in [-0.4, -0.2) is 0 Å². The second-order valence-electron chi connectivity index (χ2n) is 3.25. The molecule has 0 heterocycles. The maximum Gasteiger partial charge on any atom is 0.147 e. The van der Waals surface area contributed by atoms with E-state index in [1.54, 1.807) is 18.2 Å². The summed E-state index contributed by atoms with van der Waals surface area (Å²) in [5, 5.41) is 8.97. The first-order valence-corrected chi connectivity index (χ1v) is 4.83. The van der Waals surface area contributed by atoms with Crippen LogP contribution in [0.4, 0.5) is 5.69 Å². The minimum Gasteiger partial charge on any atom is -0.456 e. The first-order chi connectivity index (χ1) is 7.81. The van der Waals surface area contributed by atoms with Crippen molar-refractivity contribution in [3.63, 3.8) is 0 Å². The van der Waals surface area contributed by atoms with Crippen LogP contribution in [0.3, 0.4) is 0 Å². The van der Waals surface area contributed by atoms with E-state index in [1.807, 2.05) is 36.4 Å². The molecular weight excluding hydrogens is 200 g/mol. The Bertz CT molecular complexity index is 529. The number of nitrogens with zero attached hydrogens (tertiary/aromatic N) is 1. The van der Waals surface area contributed by atoms with Gasteiger partial charge in [0.2, 0.25) is 0 Å². The molecule has 3 nitrogen and oxygen atoms in total. The van der Waals surface area contributed by atoms with Gasteiger partial charge in [-0.05, 0) is 24.3 Å². The molecule has 78 valence electrons. The molecule has 16 heavy (non-hydrogen) atoms. The number of anilines is 1. The quantitative estimate of drug-likeness (QED) is 0.775. The normalized spacial score (nSPS) is 9.44. The number of nitrogens with two attached hydrogens (primary N) is 1. The number of rotatable bonds is 2. The Labute approximate surface area is 93.7 Å². The van der Waals surface area contributed by atoms with Crippen LogP contribution in [0, 0.1) is 11.3 Å². The van der Waals surface area contributed by atoms with Gasteiger partial charge in [0, 0.05) is 0 Å². The maximum atomic E-state index is 8.97. The summed E-state index contributed by atoms with van der Waals surface area (Å²) in [6.07, 6.45) is 0. The van der Waals surface area contributed by atoms with Crippen LogP contribution >= 0.6 is 0 Å². The highest BCUT2D eigenvalue weighted by atomic mass is 16.5. The van der Waals surface area contributed by atoms with Crippen molar-refractivity contribution in [2.24, 2.45) is 0 Å². The van der Waals surface area contributed by atoms with E-state index in [2.05, 4.69) is 0 Å². The average Bonchev–Trinajstić information content (AvgIpc) is 2.31. The predicted molar refractivity (Wildman–Crippen MR) is 62.1 cm³/mol. The van der Waals surface area contributed by atoms with Crippen LogP contribution in [0.1, 0.15) is 5.56 Å². The van der Waals surface area contributed by atoms with Gasteiger partial charge in [-0.1, -0.05) is 24.3 Å². The monoisotopic (exact) mass is 210 g/mol. The Hall–Kier alpha value is -2.47. The molecule has 0 fully saturated rings. The van der Waals surface area contributed by atoms with Gasteiger partial charge in [0.1, 0.15) is 23.1 Å². The fraction of sp³-hybridized carbons (Fsp3) is 0. The van der Waals surface area contributed by atoms with Crippen molar-refractivity contribution in [2.45, 2.75) is 0 Å². The highest BCUT2D eigenvalue weighted by molar-refractivity contribution is 5.61. The number of para-hydroxylation sites is 1. The molecule has 0 saturated heterocycles. The molecule has 0 aliphatic rings. The van der Waals surface area contributed by atoms with E-state index in [0.29, 0.717) is 22.7 Å². The van der Waals surface area contributed by atoms with Gasteiger partial charge in [-0.15, -0.1) is 0 Å². The lowest BCUT2D eigenvalue weighted by Crippen LogP contribution is -1.94. The van der Waals surface area contributed by atoms with Crippen molar-refractivity contribution >= 4 is 5.69 Å². The Morgan fingerprint density at radius 3 is 2.44 bits per heavy atom. The summed E-state index contributed by atoms with van der Waals surface area (Å²) in [4.78, 5) is 0. The Morgan fingerprint density at radius 1 is 1.00 bits per heavy atom. The minimum absolute atomic E-state index is 0.367. The summed E-state index contributed by atoms with van der Waals surface area (Å²) < 4.78 is 5.58. The smallest absolute Gasteiger partial charge is 0.147 e. The lowest BCUT2D eigenvalue weighted by molar-refractivity contribution is 0.481. The molecule has 0 aliphatic carbocycles. The lowest BCUT2D eigenvalue weighted by Gasteiger charge is -2.08. The minimum atomic E-state index is 0.367. The molecule has 3 heteroatoms. The van der Waals surface area contributed by atoms with Gasteiger partial charge in [-0.3, -0.25) is 0 Å². The number of hydrogen-bond donors (Lipinski definition) is 1. The fourth-order valence-corrected chi connectivity index (χ4v) is 1.37. The molecule has 0 unspecified atom stereocenters. The lowest BCUT2D eigenvalue weighted by atomic mass is 10.2. The molecule has 0 saturated carbocycles. The number of hydrogen-bond acceptors (Lipinski definition) is 3. The third-order valence-electron chi connectivity index (χ3n) is 2.14. The van der Waals surface area contributed by atoms with Gasteiger partial charge in [-0.2, -0.15) is 5.26 Å². The van der Waals surface area contributed by atoms with Gasteiger partial charge in [-0.25, -0.2) is 0 Å². The molecule has 2 N–H and O–H groups in total. The van der Waals surface area contributed by atoms with Crippen LogP contribution in [0.5, 0.6) is 11.5 Å². The summed E-state index contributed by atoms with van der Waals surface area (Å²) in [6, 6.07) is 16.5. The molecule has 0 aromatic heterocycles. The van der Waals surface area contributed by atoms with Crippen molar-refractivity contribution in [1.82, 2.24) is 0 Å². The first kappa shape index (κ1) is 10.1. The van der Waals surface area contributed by atoms with E-state index in [4.69, 9.17) is 15.7 Å². The van der Waals surface area contributed by atoms with E-state index in [0.717, 1.165) is 0 Å². The molecule has 0 atom stereocenters. The molecule has 0 amide bonds. The molecule has 0 bridgehead atoms. The molecule has 0 aliphatic heterocycles. The molecule has 2 rings (SSSR count). The van der Waals surface area contributed by atoms with Crippen LogP contribution in [-0.2, 0) is 0 Å². The molecular formula is C13H10N2O. The van der Waals surface area contributed by atoms with Crippen LogP contribution in [0.15, 0.2) is 48.5 Å². The van der Waals surface area contributed by atoms with Gasteiger partial charge < -0.3 is 10.5 Å². The number of ether oxygens (including phenoxy) is 1. The van der Waals surface area contributed by atoms with Crippen molar-refractivity contribution in [1.29, 1.82) is 5.26 Å². The fourth-order valence-electron chi connectivity index (χ4n) is 1.37. The second-order valence-corrected chi connectivity index (χ2v) is 3.25. The standard InChI is InChI=1S/C13H10N2O/c14-9-11-12(15)7-4-8-13(11)16-10-5-2-1-3-6-10/h1-8H,15H2. The van der Waals surface area contributed by atoms with Crippen LogP contribution < -0.4 is 10.5 Å². The highest BCUT2D eigenvalue weighted by Gasteiger charge is 2.07. The molecule has 0 spiro atoms. The van der Waals surface area contributed by atoms with E-state index in [-0.39, 0.29) is 0 Å². The molecule has 2 aromatic rings. The Kier molecular flexibility index (Phi) is 2.75. The van der Waals surface area contributed by atoms with Crippen LogP contribution in [0.25, 0.3) is 0 Å². The zero-order valence-electron chi connectivity index (χ0n) is 8.55. The summed E-state index contributed by atoms with van der Waals surface area (Å²) in [5.74, 6) is 1.17. The second kappa shape index (κ2) is 4.37. The summed E-state index contributed by atoms with van der Waals surface area (Å²) in [7, 11) is 0. The SMILES string of the molecule is N#Cc1c(N)cccc1Oc1ccccc1. The number of nitriles is 1. The van der Waals surface area contributed by atoms with E-state index < -0.39 is 0 Å². The van der Waals surface area contributed by atoms with Crippen molar-refractivity contribution in [2.75, 3.05) is 5.73 Å². The number of benzene rings is 2. The van der Waals surface area contributed by atoms with Gasteiger partial charge in [0.15, 0.2) is 0 Å². The largest absolute Gasteiger partial charge is 0.456 e. The number of nitrogen functional groups attached to an aromatic ring is 1. The van der Waals surface area contributed by atoms with Crippen molar-refractivity contribution < 1.29 is 4.74 Å². The van der Waals surface area contributed by atoms with Crippen molar-refractivity contribution in [3.05, 3.63) is 54.1 Å². The van der Waals surface area contributed by atoms with Crippen molar-refractivity contribution in [3.8, 4) is 17.6 Å². The molecule has 2 aromatic carbocycles. The predicted octanol–water partition coefficient (Wildman–Crippen LogP) is 2.93.